The minimum Gasteiger partial charge on any atom is -0.481 e. The number of nitrogens with zero attached hydrogens (tertiary/aromatic N) is 1. The molecule has 2 N–H and O–H groups in total. The average Bonchev–Trinajstić information content (AvgIpc) is 2.46. The highest BCUT2D eigenvalue weighted by Gasteiger charge is 2.06. The van der Waals surface area contributed by atoms with E-state index in [-0.39, 0.29) is 5.56 Å². The number of halogens is 1. The van der Waals surface area contributed by atoms with Crippen LogP contribution in [0.1, 0.15) is 15.9 Å². The molecule has 0 saturated heterocycles. The lowest BCUT2D eigenvalue weighted by molar-refractivity contribution is 0.0697. The first-order chi connectivity index (χ1) is 9.60. The van der Waals surface area contributed by atoms with Crippen LogP contribution in [-0.2, 0) is 6.54 Å². The van der Waals surface area contributed by atoms with Gasteiger partial charge in [-0.25, -0.2) is 9.78 Å². The fraction of sp³-hybridized carbons (Fsp3) is 0.143. The van der Waals surface area contributed by atoms with E-state index >= 15 is 0 Å². The van der Waals surface area contributed by atoms with Crippen LogP contribution in [0.4, 0.5) is 5.69 Å². The van der Waals surface area contributed by atoms with Gasteiger partial charge in [0, 0.05) is 29.0 Å². The Hall–Kier alpha value is -2.08. The van der Waals surface area contributed by atoms with E-state index in [0.717, 1.165) is 11.3 Å². The minimum absolute atomic E-state index is 0.244. The number of nitrogens with one attached hydrogen (secondary N) is 1. The Morgan fingerprint density at radius 2 is 2.20 bits per heavy atom. The summed E-state index contributed by atoms with van der Waals surface area (Å²) in [6, 6.07) is 8.58. The van der Waals surface area contributed by atoms with Crippen LogP contribution in [0.25, 0.3) is 0 Å². The van der Waals surface area contributed by atoms with Crippen molar-refractivity contribution in [2.45, 2.75) is 6.54 Å². The fourth-order valence-corrected chi connectivity index (χ4v) is 2.18. The van der Waals surface area contributed by atoms with Gasteiger partial charge < -0.3 is 15.2 Å². The molecule has 0 aliphatic rings. The van der Waals surface area contributed by atoms with Crippen molar-refractivity contribution in [3.63, 3.8) is 0 Å². The van der Waals surface area contributed by atoms with Crippen LogP contribution in [0, 0.1) is 0 Å². The number of hydrogen-bond donors (Lipinski definition) is 2. The van der Waals surface area contributed by atoms with Crippen LogP contribution in [0.15, 0.2) is 41.0 Å². The van der Waals surface area contributed by atoms with Crippen molar-refractivity contribution >= 4 is 27.6 Å². The molecule has 5 nitrogen and oxygen atoms in total. The molecule has 1 heterocycles. The third-order valence-electron chi connectivity index (χ3n) is 2.71. The second-order valence-corrected chi connectivity index (χ2v) is 4.91. The van der Waals surface area contributed by atoms with E-state index in [0.29, 0.717) is 16.9 Å². The van der Waals surface area contributed by atoms with E-state index in [4.69, 9.17) is 9.84 Å². The Morgan fingerprint density at radius 3 is 2.85 bits per heavy atom. The van der Waals surface area contributed by atoms with Gasteiger partial charge in [0.25, 0.3) is 0 Å². The molecule has 6 heteroatoms. The largest absolute Gasteiger partial charge is 0.481 e. The van der Waals surface area contributed by atoms with Crippen molar-refractivity contribution in [2.24, 2.45) is 0 Å². The third kappa shape index (κ3) is 3.48. The van der Waals surface area contributed by atoms with Gasteiger partial charge in [-0.2, -0.15) is 0 Å². The summed E-state index contributed by atoms with van der Waals surface area (Å²) in [5.74, 6) is -0.388. The van der Waals surface area contributed by atoms with Gasteiger partial charge in [-0.1, -0.05) is 0 Å². The standard InChI is InChI=1S/C14H13BrN2O3/c1-20-13-6-9(4-5-16-13)8-17-12-3-2-10(14(18)19)7-11(12)15/h2-7,17H,8H2,1H3,(H,18,19). The lowest BCUT2D eigenvalue weighted by Crippen LogP contribution is -2.02. The van der Waals surface area contributed by atoms with E-state index in [9.17, 15) is 4.79 Å². The normalized spacial score (nSPS) is 10.1. The number of ether oxygens (including phenoxy) is 1. The molecule has 20 heavy (non-hydrogen) atoms. The Bertz CT molecular complexity index is 632. The summed E-state index contributed by atoms with van der Waals surface area (Å²) in [5.41, 5.74) is 2.09. The summed E-state index contributed by atoms with van der Waals surface area (Å²) < 4.78 is 5.77. The first-order valence-corrected chi connectivity index (χ1v) is 6.65. The van der Waals surface area contributed by atoms with Crippen LogP contribution >= 0.6 is 15.9 Å². The Kier molecular flexibility index (Phi) is 4.57. The number of carboxylic acids is 1. The van der Waals surface area contributed by atoms with Crippen LogP contribution in [0.5, 0.6) is 5.88 Å². The van der Waals surface area contributed by atoms with Crippen molar-refractivity contribution in [1.82, 2.24) is 4.98 Å². The van der Waals surface area contributed by atoms with Gasteiger partial charge >= 0.3 is 5.97 Å². The van der Waals surface area contributed by atoms with E-state index in [1.54, 1.807) is 31.5 Å². The predicted molar refractivity (Wildman–Crippen MR) is 79.2 cm³/mol. The maximum Gasteiger partial charge on any atom is 0.335 e. The van der Waals surface area contributed by atoms with Crippen molar-refractivity contribution in [2.75, 3.05) is 12.4 Å². The maximum atomic E-state index is 10.9. The molecule has 0 amide bonds. The first-order valence-electron chi connectivity index (χ1n) is 5.86. The highest BCUT2D eigenvalue weighted by Crippen LogP contribution is 2.24. The molecule has 0 aliphatic carbocycles. The minimum atomic E-state index is -0.948. The number of carbonyl (C=O) groups is 1. The molecule has 0 radical (unpaired) electrons. The Labute approximate surface area is 124 Å². The summed E-state index contributed by atoms with van der Waals surface area (Å²) in [7, 11) is 1.57. The quantitative estimate of drug-likeness (QED) is 0.877. The van der Waals surface area contributed by atoms with Gasteiger partial charge in [0.2, 0.25) is 5.88 Å². The zero-order valence-corrected chi connectivity index (χ0v) is 12.3. The van der Waals surface area contributed by atoms with E-state index in [1.807, 2.05) is 12.1 Å². The lowest BCUT2D eigenvalue weighted by Gasteiger charge is -2.10. The molecule has 0 fully saturated rings. The fourth-order valence-electron chi connectivity index (χ4n) is 1.66. The summed E-state index contributed by atoms with van der Waals surface area (Å²) in [6.07, 6.45) is 1.68. The number of benzene rings is 1. The number of rotatable bonds is 5. The van der Waals surface area contributed by atoms with Crippen LogP contribution in [-0.4, -0.2) is 23.2 Å². The first kappa shape index (κ1) is 14.3. The number of carboxylic acid groups (broad SMARTS) is 1. The van der Waals surface area contributed by atoms with Crippen LogP contribution < -0.4 is 10.1 Å². The molecule has 1 aromatic carbocycles. The molecule has 0 unspecified atom stereocenters. The highest BCUT2D eigenvalue weighted by atomic mass is 79.9. The Morgan fingerprint density at radius 1 is 1.40 bits per heavy atom. The SMILES string of the molecule is COc1cc(CNc2ccc(C(=O)O)cc2Br)ccn1. The van der Waals surface area contributed by atoms with Crippen molar-refractivity contribution in [1.29, 1.82) is 0 Å². The van der Waals surface area contributed by atoms with Gasteiger partial charge in [-0.3, -0.25) is 0 Å². The molecule has 2 rings (SSSR count). The smallest absolute Gasteiger partial charge is 0.335 e. The molecule has 0 aliphatic heterocycles. The number of methoxy groups -OCH3 is 1. The zero-order valence-electron chi connectivity index (χ0n) is 10.8. The Balaban J connectivity index is 2.08. The molecular weight excluding hydrogens is 324 g/mol. The molecule has 1 aromatic heterocycles. The van der Waals surface area contributed by atoms with Gasteiger partial charge in [0.05, 0.1) is 12.7 Å². The van der Waals surface area contributed by atoms with Gasteiger partial charge in [0.1, 0.15) is 0 Å². The summed E-state index contributed by atoms with van der Waals surface area (Å²) in [6.45, 7) is 0.587. The molecule has 104 valence electrons. The zero-order chi connectivity index (χ0) is 14.5. The molecule has 0 spiro atoms. The number of anilines is 1. The molecule has 2 aromatic rings. The second-order valence-electron chi connectivity index (χ2n) is 4.06. The molecular formula is C14H13BrN2O3. The lowest BCUT2D eigenvalue weighted by atomic mass is 10.2. The third-order valence-corrected chi connectivity index (χ3v) is 3.36. The summed E-state index contributed by atoms with van der Waals surface area (Å²) in [4.78, 5) is 14.9. The van der Waals surface area contributed by atoms with Gasteiger partial charge in [-0.15, -0.1) is 0 Å². The molecule has 0 saturated carbocycles. The predicted octanol–water partition coefficient (Wildman–Crippen LogP) is 3.16. The second kappa shape index (κ2) is 6.38. The molecule has 0 atom stereocenters. The van der Waals surface area contributed by atoms with Crippen LogP contribution in [0.2, 0.25) is 0 Å². The van der Waals surface area contributed by atoms with Crippen molar-refractivity contribution in [3.05, 3.63) is 52.1 Å². The average molecular weight is 337 g/mol. The van der Waals surface area contributed by atoms with E-state index < -0.39 is 5.97 Å². The number of aromatic carboxylic acids is 1. The van der Waals surface area contributed by atoms with Crippen molar-refractivity contribution < 1.29 is 14.6 Å². The van der Waals surface area contributed by atoms with Gasteiger partial charge in [-0.05, 0) is 45.8 Å². The van der Waals surface area contributed by atoms with E-state index in [2.05, 4.69) is 26.2 Å². The maximum absolute atomic E-state index is 10.9. The number of aromatic nitrogens is 1. The highest BCUT2D eigenvalue weighted by molar-refractivity contribution is 9.10. The van der Waals surface area contributed by atoms with Gasteiger partial charge in [0.15, 0.2) is 0 Å². The van der Waals surface area contributed by atoms with E-state index in [1.165, 1.54) is 0 Å². The number of pyridine rings is 1. The van der Waals surface area contributed by atoms with Crippen molar-refractivity contribution in [3.8, 4) is 5.88 Å². The number of hydrogen-bond acceptors (Lipinski definition) is 4. The molecule has 0 bridgehead atoms. The monoisotopic (exact) mass is 336 g/mol. The topological polar surface area (TPSA) is 71.5 Å². The van der Waals surface area contributed by atoms with Crippen LogP contribution in [0.3, 0.4) is 0 Å². The summed E-state index contributed by atoms with van der Waals surface area (Å²) in [5, 5.41) is 12.1. The summed E-state index contributed by atoms with van der Waals surface area (Å²) >= 11 is 3.35.